The molecule has 156 valence electrons. The molecule has 0 atom stereocenters. The van der Waals surface area contributed by atoms with Gasteiger partial charge in [-0.25, -0.2) is 8.42 Å². The second-order valence-corrected chi connectivity index (χ2v) is 8.53. The number of fused-ring (bicyclic) bond motifs is 1. The molecule has 0 spiro atoms. The zero-order valence-electron chi connectivity index (χ0n) is 16.7. The number of amides is 1. The topological polar surface area (TPSA) is 84.5 Å². The predicted molar refractivity (Wildman–Crippen MR) is 122 cm³/mol. The van der Waals surface area contributed by atoms with Gasteiger partial charge in [-0.2, -0.15) is 0 Å². The van der Waals surface area contributed by atoms with Crippen LogP contribution in [0.5, 0.6) is 5.75 Å². The van der Waals surface area contributed by atoms with E-state index in [1.165, 1.54) is 19.2 Å². The molecule has 0 aliphatic rings. The molecule has 0 saturated heterocycles. The summed E-state index contributed by atoms with van der Waals surface area (Å²) in [6.07, 6.45) is 0. The van der Waals surface area contributed by atoms with Crippen molar-refractivity contribution in [3.63, 3.8) is 0 Å². The molecule has 0 aliphatic carbocycles. The molecule has 0 aliphatic heterocycles. The predicted octanol–water partition coefficient (Wildman–Crippen LogP) is 4.90. The number of rotatable bonds is 6. The van der Waals surface area contributed by atoms with Crippen molar-refractivity contribution in [1.29, 1.82) is 0 Å². The van der Waals surface area contributed by atoms with E-state index < -0.39 is 10.0 Å². The van der Waals surface area contributed by atoms with Crippen LogP contribution in [0, 0.1) is 0 Å². The van der Waals surface area contributed by atoms with Gasteiger partial charge in [0.1, 0.15) is 5.75 Å². The van der Waals surface area contributed by atoms with Crippen LogP contribution in [0.3, 0.4) is 0 Å². The highest BCUT2D eigenvalue weighted by atomic mass is 32.2. The lowest BCUT2D eigenvalue weighted by molar-refractivity contribution is 0.102. The summed E-state index contributed by atoms with van der Waals surface area (Å²) in [4.78, 5) is 12.5. The number of carbonyl (C=O) groups is 1. The summed E-state index contributed by atoms with van der Waals surface area (Å²) in [5.74, 6) is 0.261. The van der Waals surface area contributed by atoms with Gasteiger partial charge in [-0.15, -0.1) is 0 Å². The SMILES string of the molecule is COc1cccc(C(=O)Nc2ccc(S(=O)(=O)Nc3cccc4ccccc34)cc2)c1. The minimum atomic E-state index is -3.79. The fraction of sp³-hybridized carbons (Fsp3) is 0.0417. The summed E-state index contributed by atoms with van der Waals surface area (Å²) in [5.41, 5.74) is 1.43. The zero-order valence-corrected chi connectivity index (χ0v) is 17.5. The van der Waals surface area contributed by atoms with E-state index in [1.54, 1.807) is 48.5 Å². The first-order valence-electron chi connectivity index (χ1n) is 9.52. The van der Waals surface area contributed by atoms with E-state index in [9.17, 15) is 13.2 Å². The summed E-state index contributed by atoms with van der Waals surface area (Å²) < 4.78 is 33.5. The van der Waals surface area contributed by atoms with E-state index in [2.05, 4.69) is 10.0 Å². The van der Waals surface area contributed by atoms with Gasteiger partial charge < -0.3 is 10.1 Å². The fourth-order valence-corrected chi connectivity index (χ4v) is 4.28. The van der Waals surface area contributed by atoms with Crippen molar-refractivity contribution in [3.05, 3.63) is 96.6 Å². The maximum Gasteiger partial charge on any atom is 0.261 e. The van der Waals surface area contributed by atoms with Crippen LogP contribution in [0.15, 0.2) is 95.9 Å². The Balaban J connectivity index is 1.52. The molecule has 2 N–H and O–H groups in total. The highest BCUT2D eigenvalue weighted by Gasteiger charge is 2.16. The number of carbonyl (C=O) groups excluding carboxylic acids is 1. The molecule has 31 heavy (non-hydrogen) atoms. The minimum absolute atomic E-state index is 0.0970. The number of anilines is 2. The quantitative estimate of drug-likeness (QED) is 0.454. The maximum absolute atomic E-state index is 12.9. The summed E-state index contributed by atoms with van der Waals surface area (Å²) in [6, 6.07) is 25.8. The largest absolute Gasteiger partial charge is 0.497 e. The second kappa shape index (κ2) is 8.49. The van der Waals surface area contributed by atoms with Crippen LogP contribution in [0.1, 0.15) is 10.4 Å². The minimum Gasteiger partial charge on any atom is -0.497 e. The van der Waals surface area contributed by atoms with Gasteiger partial charge in [0.15, 0.2) is 0 Å². The van der Waals surface area contributed by atoms with Crippen LogP contribution in [0.2, 0.25) is 0 Å². The van der Waals surface area contributed by atoms with Crippen molar-refractivity contribution in [2.75, 3.05) is 17.1 Å². The second-order valence-electron chi connectivity index (χ2n) is 6.84. The Bertz CT molecular complexity index is 1340. The molecule has 0 saturated carbocycles. The van der Waals surface area contributed by atoms with Gasteiger partial charge in [-0.05, 0) is 53.9 Å². The average molecular weight is 433 g/mol. The van der Waals surface area contributed by atoms with Gasteiger partial charge in [-0.1, -0.05) is 42.5 Å². The number of hydrogen-bond acceptors (Lipinski definition) is 4. The van der Waals surface area contributed by atoms with Crippen LogP contribution >= 0.6 is 0 Å². The van der Waals surface area contributed by atoms with E-state index in [4.69, 9.17) is 4.74 Å². The first-order valence-corrected chi connectivity index (χ1v) is 11.0. The molecule has 0 bridgehead atoms. The summed E-state index contributed by atoms with van der Waals surface area (Å²) in [5, 5.41) is 4.51. The van der Waals surface area contributed by atoms with Gasteiger partial charge in [0.2, 0.25) is 0 Å². The molecule has 7 heteroatoms. The van der Waals surface area contributed by atoms with Crippen molar-refractivity contribution in [1.82, 2.24) is 0 Å². The van der Waals surface area contributed by atoms with Gasteiger partial charge in [-0.3, -0.25) is 9.52 Å². The summed E-state index contributed by atoms with van der Waals surface area (Å²) >= 11 is 0. The number of hydrogen-bond donors (Lipinski definition) is 2. The molecule has 0 fully saturated rings. The van der Waals surface area contributed by atoms with E-state index in [0.717, 1.165) is 10.8 Å². The number of methoxy groups -OCH3 is 1. The van der Waals surface area contributed by atoms with Crippen molar-refractivity contribution in [2.45, 2.75) is 4.90 Å². The van der Waals surface area contributed by atoms with Crippen LogP contribution < -0.4 is 14.8 Å². The Kier molecular flexibility index (Phi) is 5.60. The van der Waals surface area contributed by atoms with Crippen molar-refractivity contribution in [2.24, 2.45) is 0 Å². The number of benzene rings is 4. The fourth-order valence-electron chi connectivity index (χ4n) is 3.20. The van der Waals surface area contributed by atoms with Gasteiger partial charge in [0.05, 0.1) is 17.7 Å². The Morgan fingerprint density at radius 2 is 1.55 bits per heavy atom. The lowest BCUT2D eigenvalue weighted by Crippen LogP contribution is -2.14. The third-order valence-electron chi connectivity index (χ3n) is 4.79. The molecule has 1 amide bonds. The Morgan fingerprint density at radius 1 is 0.839 bits per heavy atom. The van der Waals surface area contributed by atoms with E-state index in [-0.39, 0.29) is 10.8 Å². The van der Waals surface area contributed by atoms with Crippen molar-refractivity contribution < 1.29 is 17.9 Å². The Morgan fingerprint density at radius 3 is 2.32 bits per heavy atom. The van der Waals surface area contributed by atoms with Crippen LogP contribution in [-0.2, 0) is 10.0 Å². The highest BCUT2D eigenvalue weighted by Crippen LogP contribution is 2.26. The van der Waals surface area contributed by atoms with Crippen molar-refractivity contribution in [3.8, 4) is 5.75 Å². The molecule has 0 aromatic heterocycles. The van der Waals surface area contributed by atoms with E-state index in [1.807, 2.05) is 30.3 Å². The molecule has 4 aromatic rings. The smallest absolute Gasteiger partial charge is 0.261 e. The molecule has 0 unspecified atom stereocenters. The molecule has 0 heterocycles. The van der Waals surface area contributed by atoms with E-state index in [0.29, 0.717) is 22.7 Å². The van der Waals surface area contributed by atoms with Crippen LogP contribution in [-0.4, -0.2) is 21.4 Å². The molecule has 4 aromatic carbocycles. The van der Waals surface area contributed by atoms with Gasteiger partial charge in [0.25, 0.3) is 15.9 Å². The molecule has 0 radical (unpaired) electrons. The van der Waals surface area contributed by atoms with E-state index >= 15 is 0 Å². The summed E-state index contributed by atoms with van der Waals surface area (Å²) in [7, 11) is -2.26. The summed E-state index contributed by atoms with van der Waals surface area (Å²) in [6.45, 7) is 0. The zero-order chi connectivity index (χ0) is 21.8. The normalized spacial score (nSPS) is 11.1. The average Bonchev–Trinajstić information content (AvgIpc) is 2.79. The number of sulfonamides is 1. The first kappa shape index (κ1) is 20.4. The molecular formula is C24H20N2O4S. The van der Waals surface area contributed by atoms with Gasteiger partial charge in [0, 0.05) is 16.6 Å². The molecular weight excluding hydrogens is 412 g/mol. The molecule has 4 rings (SSSR count). The molecule has 6 nitrogen and oxygen atoms in total. The van der Waals surface area contributed by atoms with Gasteiger partial charge >= 0.3 is 0 Å². The first-order chi connectivity index (χ1) is 15.0. The highest BCUT2D eigenvalue weighted by molar-refractivity contribution is 7.92. The lowest BCUT2D eigenvalue weighted by atomic mass is 10.1. The number of nitrogens with one attached hydrogen (secondary N) is 2. The van der Waals surface area contributed by atoms with Crippen LogP contribution in [0.4, 0.5) is 11.4 Å². The monoisotopic (exact) mass is 432 g/mol. The van der Waals surface area contributed by atoms with Crippen molar-refractivity contribution >= 4 is 38.1 Å². The standard InChI is InChI=1S/C24H20N2O4S/c1-30-20-9-4-8-18(16-20)24(27)25-19-12-14-21(15-13-19)31(28,29)26-23-11-5-7-17-6-2-3-10-22(17)23/h2-16,26H,1H3,(H,25,27). The van der Waals surface area contributed by atoms with Crippen LogP contribution in [0.25, 0.3) is 10.8 Å². The lowest BCUT2D eigenvalue weighted by Gasteiger charge is -2.12. The Hall–Kier alpha value is -3.84. The maximum atomic E-state index is 12.9. The Labute approximate surface area is 180 Å². The third kappa shape index (κ3) is 4.51. The number of ether oxygens (including phenoxy) is 1. The third-order valence-corrected chi connectivity index (χ3v) is 6.17.